The van der Waals surface area contributed by atoms with E-state index in [2.05, 4.69) is 55.7 Å². The summed E-state index contributed by atoms with van der Waals surface area (Å²) in [7, 11) is 0. The summed E-state index contributed by atoms with van der Waals surface area (Å²) >= 11 is 1.80. The van der Waals surface area contributed by atoms with Crippen LogP contribution in [0, 0.1) is 6.92 Å². The maximum absolute atomic E-state index is 4.79. The molecule has 2 nitrogen and oxygen atoms in total. The van der Waals surface area contributed by atoms with Crippen molar-refractivity contribution in [3.63, 3.8) is 0 Å². The molecule has 106 valence electrons. The molecule has 3 rings (SSSR count). The van der Waals surface area contributed by atoms with E-state index in [4.69, 9.17) is 4.98 Å². The molecule has 1 aliphatic rings. The van der Waals surface area contributed by atoms with E-state index in [1.807, 2.05) is 0 Å². The summed E-state index contributed by atoms with van der Waals surface area (Å²) in [6.45, 7) is 6.53. The van der Waals surface area contributed by atoms with Crippen LogP contribution in [0.3, 0.4) is 0 Å². The van der Waals surface area contributed by atoms with Gasteiger partial charge in [0.25, 0.3) is 0 Å². The number of hydrogen-bond donors (Lipinski definition) is 1. The number of aryl methyl sites for hydroxylation is 2. The largest absolute Gasteiger partial charge is 0.303 e. The fourth-order valence-electron chi connectivity index (χ4n) is 3.23. The molecule has 0 bridgehead atoms. The van der Waals surface area contributed by atoms with Gasteiger partial charge in [-0.15, -0.1) is 11.3 Å². The fourth-order valence-corrected chi connectivity index (χ4v) is 4.22. The third kappa shape index (κ3) is 2.52. The molecule has 1 aromatic carbocycles. The predicted molar refractivity (Wildman–Crippen MR) is 85.3 cm³/mol. The fraction of sp³-hybridized carbons (Fsp3) is 0.471. The molecule has 0 fully saturated rings. The second kappa shape index (κ2) is 5.30. The standard InChI is InChI=1S/C17H22N2S/c1-12(2)19-17(16-18-13(3)11-20-16)9-8-14-6-4-5-7-15(14)10-17/h4-7,11-12,19H,8-10H2,1-3H3. The summed E-state index contributed by atoms with van der Waals surface area (Å²) in [6.07, 6.45) is 3.32. The molecule has 20 heavy (non-hydrogen) atoms. The Labute approximate surface area is 125 Å². The Bertz CT molecular complexity index is 603. The summed E-state index contributed by atoms with van der Waals surface area (Å²) in [4.78, 5) is 4.79. The van der Waals surface area contributed by atoms with Crippen LogP contribution in [0.15, 0.2) is 29.6 Å². The number of thiazole rings is 1. The van der Waals surface area contributed by atoms with E-state index in [0.717, 1.165) is 25.0 Å². The molecule has 0 amide bonds. The number of benzene rings is 1. The molecule has 0 saturated heterocycles. The van der Waals surface area contributed by atoms with E-state index < -0.39 is 0 Å². The van der Waals surface area contributed by atoms with Crippen LogP contribution in [0.5, 0.6) is 0 Å². The number of hydrogen-bond acceptors (Lipinski definition) is 3. The number of nitrogens with zero attached hydrogens (tertiary/aromatic N) is 1. The molecule has 0 saturated carbocycles. The van der Waals surface area contributed by atoms with Crippen LogP contribution in [-0.4, -0.2) is 11.0 Å². The van der Waals surface area contributed by atoms with Crippen LogP contribution in [0.4, 0.5) is 0 Å². The van der Waals surface area contributed by atoms with E-state index >= 15 is 0 Å². The molecule has 1 atom stereocenters. The van der Waals surface area contributed by atoms with Crippen LogP contribution in [0.2, 0.25) is 0 Å². The summed E-state index contributed by atoms with van der Waals surface area (Å²) in [5, 5.41) is 7.23. The Morgan fingerprint density at radius 1 is 1.25 bits per heavy atom. The van der Waals surface area contributed by atoms with Crippen molar-refractivity contribution in [1.82, 2.24) is 10.3 Å². The zero-order valence-corrected chi connectivity index (χ0v) is 13.3. The van der Waals surface area contributed by atoms with E-state index in [0.29, 0.717) is 6.04 Å². The third-order valence-corrected chi connectivity index (χ3v) is 5.19. The Hall–Kier alpha value is -1.19. The van der Waals surface area contributed by atoms with Gasteiger partial charge in [0.05, 0.1) is 5.54 Å². The van der Waals surface area contributed by atoms with Gasteiger partial charge in [-0.05, 0) is 51.2 Å². The first-order valence-corrected chi connectivity index (χ1v) is 8.24. The maximum atomic E-state index is 4.79. The van der Waals surface area contributed by atoms with Crippen molar-refractivity contribution in [2.45, 2.75) is 51.6 Å². The lowest BCUT2D eigenvalue weighted by Crippen LogP contribution is -2.49. The van der Waals surface area contributed by atoms with Crippen molar-refractivity contribution in [2.75, 3.05) is 0 Å². The van der Waals surface area contributed by atoms with Gasteiger partial charge in [-0.2, -0.15) is 0 Å². The molecule has 2 aromatic rings. The summed E-state index contributed by atoms with van der Waals surface area (Å²) in [5.74, 6) is 0. The smallest absolute Gasteiger partial charge is 0.113 e. The zero-order valence-electron chi connectivity index (χ0n) is 12.4. The molecule has 3 heteroatoms. The first kappa shape index (κ1) is 13.8. The molecular weight excluding hydrogens is 264 g/mol. The Morgan fingerprint density at radius 3 is 2.65 bits per heavy atom. The van der Waals surface area contributed by atoms with Crippen molar-refractivity contribution < 1.29 is 0 Å². The summed E-state index contributed by atoms with van der Waals surface area (Å²) in [5.41, 5.74) is 4.12. The maximum Gasteiger partial charge on any atom is 0.113 e. The average Bonchev–Trinajstić information content (AvgIpc) is 2.85. The van der Waals surface area contributed by atoms with Gasteiger partial charge in [-0.25, -0.2) is 4.98 Å². The molecule has 1 heterocycles. The highest BCUT2D eigenvalue weighted by molar-refractivity contribution is 7.09. The molecule has 0 spiro atoms. The van der Waals surface area contributed by atoms with Gasteiger partial charge in [0.2, 0.25) is 0 Å². The lowest BCUT2D eigenvalue weighted by Gasteiger charge is -2.39. The van der Waals surface area contributed by atoms with Gasteiger partial charge < -0.3 is 5.32 Å². The average molecular weight is 286 g/mol. The van der Waals surface area contributed by atoms with Gasteiger partial charge >= 0.3 is 0 Å². The number of aromatic nitrogens is 1. The van der Waals surface area contributed by atoms with Crippen LogP contribution in [0.1, 0.15) is 42.1 Å². The highest BCUT2D eigenvalue weighted by atomic mass is 32.1. The number of rotatable bonds is 3. The van der Waals surface area contributed by atoms with E-state index in [1.165, 1.54) is 16.1 Å². The van der Waals surface area contributed by atoms with Crippen LogP contribution < -0.4 is 5.32 Å². The van der Waals surface area contributed by atoms with Crippen molar-refractivity contribution in [3.05, 3.63) is 51.5 Å². The summed E-state index contributed by atoms with van der Waals surface area (Å²) in [6, 6.07) is 9.30. The third-order valence-electron chi connectivity index (χ3n) is 4.03. The van der Waals surface area contributed by atoms with Crippen molar-refractivity contribution in [3.8, 4) is 0 Å². The zero-order chi connectivity index (χ0) is 14.2. The van der Waals surface area contributed by atoms with E-state index in [9.17, 15) is 0 Å². The first-order chi connectivity index (χ1) is 9.59. The van der Waals surface area contributed by atoms with Crippen molar-refractivity contribution in [1.29, 1.82) is 0 Å². The quantitative estimate of drug-likeness (QED) is 0.927. The predicted octanol–water partition coefficient (Wildman–Crippen LogP) is 3.83. The lowest BCUT2D eigenvalue weighted by atomic mass is 9.78. The summed E-state index contributed by atoms with van der Waals surface area (Å²) < 4.78 is 0. The van der Waals surface area contributed by atoms with Crippen LogP contribution >= 0.6 is 11.3 Å². The second-order valence-corrected chi connectivity index (χ2v) is 6.98. The van der Waals surface area contributed by atoms with Gasteiger partial charge in [0.1, 0.15) is 5.01 Å². The second-order valence-electron chi connectivity index (χ2n) is 6.12. The SMILES string of the molecule is Cc1csc(C2(NC(C)C)CCc3ccccc3C2)n1. The molecule has 1 aliphatic carbocycles. The minimum absolute atomic E-state index is 0.0153. The molecule has 1 aromatic heterocycles. The van der Waals surface area contributed by atoms with Gasteiger partial charge in [0, 0.05) is 17.1 Å². The van der Waals surface area contributed by atoms with Crippen LogP contribution in [0.25, 0.3) is 0 Å². The Balaban J connectivity index is 2.00. The topological polar surface area (TPSA) is 24.9 Å². The first-order valence-electron chi connectivity index (χ1n) is 7.36. The number of nitrogens with one attached hydrogen (secondary N) is 1. The lowest BCUT2D eigenvalue weighted by molar-refractivity contribution is 0.267. The highest BCUT2D eigenvalue weighted by Gasteiger charge is 2.38. The monoisotopic (exact) mass is 286 g/mol. The molecule has 0 aliphatic heterocycles. The van der Waals surface area contributed by atoms with Gasteiger partial charge in [-0.3, -0.25) is 0 Å². The minimum Gasteiger partial charge on any atom is -0.303 e. The van der Waals surface area contributed by atoms with Gasteiger partial charge in [-0.1, -0.05) is 24.3 Å². The molecule has 1 unspecified atom stereocenters. The normalized spacial score (nSPS) is 22.0. The van der Waals surface area contributed by atoms with Crippen molar-refractivity contribution >= 4 is 11.3 Å². The number of fused-ring (bicyclic) bond motifs is 1. The molecular formula is C17H22N2S. The highest BCUT2D eigenvalue weighted by Crippen LogP contribution is 2.38. The van der Waals surface area contributed by atoms with Gasteiger partial charge in [0.15, 0.2) is 0 Å². The van der Waals surface area contributed by atoms with E-state index in [-0.39, 0.29) is 5.54 Å². The molecule has 1 N–H and O–H groups in total. The Kier molecular flexibility index (Phi) is 3.65. The van der Waals surface area contributed by atoms with Crippen molar-refractivity contribution in [2.24, 2.45) is 0 Å². The van der Waals surface area contributed by atoms with E-state index in [1.54, 1.807) is 11.3 Å². The Morgan fingerprint density at radius 2 is 2.00 bits per heavy atom. The minimum atomic E-state index is 0.0153. The molecule has 0 radical (unpaired) electrons. The van der Waals surface area contributed by atoms with Crippen LogP contribution in [-0.2, 0) is 18.4 Å².